The van der Waals surface area contributed by atoms with Gasteiger partial charge >= 0.3 is 0 Å². The number of carbonyl (C=O) groups excluding carboxylic acids is 2. The Bertz CT molecular complexity index is 1220. The molecule has 1 aromatic rings. The van der Waals surface area contributed by atoms with E-state index in [4.69, 9.17) is 4.74 Å². The Balaban J connectivity index is 1.14. The Morgan fingerprint density at radius 3 is 2.85 bits per heavy atom. The maximum Gasteiger partial charge on any atom is 0.249 e. The number of nitrogens with zero attached hydrogens (tertiary/aromatic N) is 4. The van der Waals surface area contributed by atoms with Crippen molar-refractivity contribution in [2.75, 3.05) is 51.7 Å². The first-order valence-corrected chi connectivity index (χ1v) is 15.3. The Labute approximate surface area is 242 Å². The third kappa shape index (κ3) is 4.76. The summed E-state index contributed by atoms with van der Waals surface area (Å²) >= 11 is 0. The van der Waals surface area contributed by atoms with Crippen molar-refractivity contribution in [1.29, 1.82) is 0 Å². The average molecular weight is 565 g/mol. The summed E-state index contributed by atoms with van der Waals surface area (Å²) in [5, 5.41) is 18.7. The Morgan fingerprint density at radius 1 is 1.10 bits per heavy atom. The van der Waals surface area contributed by atoms with E-state index in [0.717, 1.165) is 44.5 Å². The van der Waals surface area contributed by atoms with Gasteiger partial charge in [-0.2, -0.15) is 5.01 Å². The van der Waals surface area contributed by atoms with Gasteiger partial charge in [-0.15, -0.1) is 0 Å². The fraction of sp³-hybridized carbons (Fsp3) is 0.667. The highest BCUT2D eigenvalue weighted by atomic mass is 16.5. The van der Waals surface area contributed by atoms with E-state index in [2.05, 4.69) is 82.4 Å². The van der Waals surface area contributed by atoms with Crippen molar-refractivity contribution < 1.29 is 14.3 Å². The van der Waals surface area contributed by atoms with Crippen LogP contribution in [-0.4, -0.2) is 109 Å². The number of amides is 2. The Hall–Kier alpha value is -2.54. The molecule has 11 nitrogen and oxygen atoms in total. The number of benzene rings is 1. The lowest BCUT2D eigenvalue weighted by Crippen LogP contribution is -2.70. The molecule has 0 aliphatic carbocycles. The second-order valence-corrected chi connectivity index (χ2v) is 12.9. The van der Waals surface area contributed by atoms with Gasteiger partial charge in [0.1, 0.15) is 19.1 Å². The van der Waals surface area contributed by atoms with Gasteiger partial charge in [-0.05, 0) is 69.8 Å². The topological polar surface area (TPSA) is 104 Å². The van der Waals surface area contributed by atoms with Crippen LogP contribution in [0.2, 0.25) is 0 Å². The number of allylic oxidation sites excluding steroid dienone is 1. The molecule has 41 heavy (non-hydrogen) atoms. The van der Waals surface area contributed by atoms with Gasteiger partial charge in [0, 0.05) is 43.4 Å². The summed E-state index contributed by atoms with van der Waals surface area (Å²) in [6, 6.07) is 6.72. The van der Waals surface area contributed by atoms with E-state index in [1.54, 1.807) is 0 Å². The number of anilines is 1. The van der Waals surface area contributed by atoms with E-state index < -0.39 is 0 Å². The summed E-state index contributed by atoms with van der Waals surface area (Å²) in [4.78, 5) is 31.0. The number of morpholine rings is 1. The Kier molecular flexibility index (Phi) is 7.08. The SMILES string of the molecule is CN1CCc2ccc(NC3NCC4C(=O)N5C/C=C\CCCN6C(=O)COC7NCC(CC76)N5C4N3)cc2C1(C)C. The number of ether oxygens (including phenoxy) is 1. The van der Waals surface area contributed by atoms with Crippen molar-refractivity contribution in [3.05, 3.63) is 41.5 Å². The number of fused-ring (bicyclic) bond motifs is 6. The third-order valence-corrected chi connectivity index (χ3v) is 10.3. The number of hydrogen-bond donors (Lipinski definition) is 4. The number of hydrazine groups is 1. The first-order chi connectivity index (χ1) is 19.8. The number of piperidine rings is 1. The van der Waals surface area contributed by atoms with Gasteiger partial charge < -0.3 is 15.0 Å². The summed E-state index contributed by atoms with van der Waals surface area (Å²) in [6.07, 6.45) is 7.37. The van der Waals surface area contributed by atoms with Crippen LogP contribution in [-0.2, 0) is 26.3 Å². The normalized spacial score (nSPS) is 36.5. The van der Waals surface area contributed by atoms with E-state index >= 15 is 0 Å². The largest absolute Gasteiger partial charge is 0.358 e. The lowest BCUT2D eigenvalue weighted by Gasteiger charge is -2.50. The molecule has 0 spiro atoms. The Morgan fingerprint density at radius 2 is 1.98 bits per heavy atom. The first kappa shape index (κ1) is 27.3. The highest BCUT2D eigenvalue weighted by molar-refractivity contribution is 5.82. The van der Waals surface area contributed by atoms with Crippen LogP contribution in [0, 0.1) is 5.92 Å². The molecule has 6 heterocycles. The molecule has 6 aliphatic rings. The minimum atomic E-state index is -0.194. The average Bonchev–Trinajstić information content (AvgIpc) is 3.23. The lowest BCUT2D eigenvalue weighted by atomic mass is 9.83. The van der Waals surface area contributed by atoms with Gasteiger partial charge in [-0.3, -0.25) is 35.4 Å². The first-order valence-electron chi connectivity index (χ1n) is 15.3. The zero-order valence-electron chi connectivity index (χ0n) is 24.4. The molecular weight excluding hydrogens is 520 g/mol. The predicted molar refractivity (Wildman–Crippen MR) is 155 cm³/mol. The summed E-state index contributed by atoms with van der Waals surface area (Å²) in [6.45, 7) is 8.34. The minimum absolute atomic E-state index is 0.0288. The van der Waals surface area contributed by atoms with Crippen LogP contribution < -0.4 is 21.3 Å². The van der Waals surface area contributed by atoms with Crippen LogP contribution in [0.5, 0.6) is 0 Å². The zero-order chi connectivity index (χ0) is 28.3. The van der Waals surface area contributed by atoms with Crippen molar-refractivity contribution in [2.24, 2.45) is 5.92 Å². The maximum atomic E-state index is 13.8. The quantitative estimate of drug-likeness (QED) is 0.384. The summed E-state index contributed by atoms with van der Waals surface area (Å²) in [5.41, 5.74) is 3.80. The monoisotopic (exact) mass is 564 g/mol. The molecule has 11 heteroatoms. The van der Waals surface area contributed by atoms with Crippen LogP contribution in [0.1, 0.15) is 44.2 Å². The maximum absolute atomic E-state index is 13.8. The van der Waals surface area contributed by atoms with Gasteiger partial charge in [-0.1, -0.05) is 18.2 Å². The number of likely N-dealkylation sites (N-methyl/N-ethyl adjacent to an activating group) is 1. The number of rotatable bonds is 2. The molecule has 2 bridgehead atoms. The van der Waals surface area contributed by atoms with E-state index in [0.29, 0.717) is 19.6 Å². The van der Waals surface area contributed by atoms with Crippen molar-refractivity contribution >= 4 is 17.5 Å². The molecule has 222 valence electrons. The van der Waals surface area contributed by atoms with Crippen LogP contribution in [0.25, 0.3) is 0 Å². The predicted octanol–water partition coefficient (Wildman–Crippen LogP) is 0.565. The summed E-state index contributed by atoms with van der Waals surface area (Å²) in [5.74, 6) is 0.00933. The van der Waals surface area contributed by atoms with Gasteiger partial charge in [0.2, 0.25) is 11.8 Å². The molecule has 0 radical (unpaired) electrons. The molecule has 4 fully saturated rings. The summed E-state index contributed by atoms with van der Waals surface area (Å²) in [7, 11) is 2.19. The highest BCUT2D eigenvalue weighted by Crippen LogP contribution is 2.37. The molecule has 6 aliphatic heterocycles. The number of nitrogens with one attached hydrogen (secondary N) is 4. The smallest absolute Gasteiger partial charge is 0.249 e. The van der Waals surface area contributed by atoms with Crippen LogP contribution in [0.4, 0.5) is 5.69 Å². The van der Waals surface area contributed by atoms with E-state index in [1.807, 2.05) is 9.91 Å². The van der Waals surface area contributed by atoms with Crippen LogP contribution in [0.3, 0.4) is 0 Å². The molecular formula is C30H44N8O3. The van der Waals surface area contributed by atoms with Gasteiger partial charge in [0.25, 0.3) is 0 Å². The number of hydrogen-bond acceptors (Lipinski definition) is 9. The molecule has 4 saturated heterocycles. The molecule has 6 atom stereocenters. The van der Waals surface area contributed by atoms with Crippen molar-refractivity contribution in [2.45, 2.75) is 75.8 Å². The number of carbonyl (C=O) groups is 2. The molecule has 4 N–H and O–H groups in total. The molecule has 0 saturated carbocycles. The molecule has 0 aromatic heterocycles. The van der Waals surface area contributed by atoms with Crippen molar-refractivity contribution in [3.8, 4) is 0 Å². The van der Waals surface area contributed by atoms with Gasteiger partial charge in [0.15, 0.2) is 0 Å². The van der Waals surface area contributed by atoms with Gasteiger partial charge in [0.05, 0.1) is 24.7 Å². The van der Waals surface area contributed by atoms with Gasteiger partial charge in [-0.25, -0.2) is 0 Å². The molecule has 1 aromatic carbocycles. The molecule has 7 rings (SSSR count). The molecule has 2 amide bonds. The zero-order valence-corrected chi connectivity index (χ0v) is 24.4. The minimum Gasteiger partial charge on any atom is -0.358 e. The van der Waals surface area contributed by atoms with E-state index in [-0.39, 0.29) is 60.6 Å². The van der Waals surface area contributed by atoms with E-state index in [1.165, 1.54) is 11.1 Å². The highest BCUT2D eigenvalue weighted by Gasteiger charge is 2.53. The molecule has 6 unspecified atom stereocenters. The lowest BCUT2D eigenvalue weighted by molar-refractivity contribution is -0.172. The van der Waals surface area contributed by atoms with Crippen LogP contribution in [0.15, 0.2) is 30.4 Å². The fourth-order valence-corrected chi connectivity index (χ4v) is 7.66. The second kappa shape index (κ2) is 10.6. The van der Waals surface area contributed by atoms with Crippen molar-refractivity contribution in [3.63, 3.8) is 0 Å². The van der Waals surface area contributed by atoms with Crippen LogP contribution >= 0.6 is 0 Å². The van der Waals surface area contributed by atoms with Crippen molar-refractivity contribution in [1.82, 2.24) is 35.8 Å². The second-order valence-electron chi connectivity index (χ2n) is 12.9. The fourth-order valence-electron chi connectivity index (χ4n) is 7.66. The van der Waals surface area contributed by atoms with E-state index in [9.17, 15) is 9.59 Å². The standard InChI is InChI=1S/C30H44N8O3/c1-30(2)23-14-20(9-8-19(23)10-13-35(30)3)33-29-32-17-22-26(34-29)38-21-15-24-27(31-16-21)41-18-25(39)36(24)11-6-4-5-7-12-37(38)28(22)40/h5,7-9,14,21-22,24,26-27,29,31-34H,4,6,10-13,15-18H2,1-3H3/b7-5-. The summed E-state index contributed by atoms with van der Waals surface area (Å²) < 4.78 is 5.90. The third-order valence-electron chi connectivity index (χ3n) is 10.3.